The molecule has 3 N–H and O–H groups in total. The normalized spacial score (nSPS) is 15.1. The van der Waals surface area contributed by atoms with Crippen LogP contribution in [0.1, 0.15) is 10.5 Å². The highest BCUT2D eigenvalue weighted by Gasteiger charge is 2.29. The quantitative estimate of drug-likeness (QED) is 0.292. The van der Waals surface area contributed by atoms with Crippen LogP contribution in [-0.4, -0.2) is 69.9 Å². The fraction of sp³-hybridized carbons (Fsp3) is 0.233. The average Bonchev–Trinajstić information content (AvgIpc) is 3.36. The maximum atomic E-state index is 14.8. The monoisotopic (exact) mass is 586 g/mol. The van der Waals surface area contributed by atoms with Crippen molar-refractivity contribution >= 4 is 28.3 Å². The second-order valence-corrected chi connectivity index (χ2v) is 9.87. The number of halogens is 2. The van der Waals surface area contributed by atoms with Crippen LogP contribution in [0.5, 0.6) is 5.75 Å². The summed E-state index contributed by atoms with van der Waals surface area (Å²) in [5.74, 6) is -0.995. The molecule has 1 atom stereocenters. The largest absolute Gasteiger partial charge is 0.496 e. The molecular formula is C30H28F2N8O3. The van der Waals surface area contributed by atoms with Crippen LogP contribution in [0.15, 0.2) is 61.1 Å². The van der Waals surface area contributed by atoms with Gasteiger partial charge in [0.2, 0.25) is 0 Å². The molecule has 43 heavy (non-hydrogen) atoms. The standard InChI is InChI=1S/C30H28F2N8O3/c1-39-23-7-6-21(37-30(41)22-9-11-35-28(36-22)25-19(31)4-3-5-24(25)42-2)27(40-12-13-43-16-17(40)14-33)26(23)38-29(39)18-8-10-34-15-20(18)32/h3-11,15,17H,12-14,16,33H2,1-2H3,(H,37,41). The third kappa shape index (κ3) is 5.13. The number of imidazole rings is 1. The van der Waals surface area contributed by atoms with E-state index in [1.807, 2.05) is 0 Å². The number of carbonyl (C=O) groups is 1. The summed E-state index contributed by atoms with van der Waals surface area (Å²) in [7, 11) is 3.21. The second kappa shape index (κ2) is 11.7. The SMILES string of the molecule is COc1cccc(F)c1-c1nccc(C(=O)Nc2ccc3c(nc(-c4ccncc4F)n3C)c2N2CCOCC2CN)n1. The van der Waals surface area contributed by atoms with Gasteiger partial charge in [0, 0.05) is 32.5 Å². The van der Waals surface area contributed by atoms with E-state index in [0.717, 1.165) is 11.7 Å². The number of morpholine rings is 1. The van der Waals surface area contributed by atoms with E-state index in [2.05, 4.69) is 25.2 Å². The number of carbonyl (C=O) groups excluding carboxylic acids is 1. The number of benzene rings is 2. The summed E-state index contributed by atoms with van der Waals surface area (Å²) in [5.41, 5.74) is 8.80. The minimum Gasteiger partial charge on any atom is -0.496 e. The molecule has 4 heterocycles. The van der Waals surface area contributed by atoms with Gasteiger partial charge in [-0.25, -0.2) is 23.7 Å². The lowest BCUT2D eigenvalue weighted by Crippen LogP contribution is -2.49. The third-order valence-corrected chi connectivity index (χ3v) is 7.38. The van der Waals surface area contributed by atoms with E-state index >= 15 is 0 Å². The predicted molar refractivity (Wildman–Crippen MR) is 157 cm³/mol. The van der Waals surface area contributed by atoms with Gasteiger partial charge in [0.05, 0.1) is 60.6 Å². The lowest BCUT2D eigenvalue weighted by Gasteiger charge is -2.37. The first-order valence-corrected chi connectivity index (χ1v) is 13.5. The van der Waals surface area contributed by atoms with Crippen molar-refractivity contribution in [2.24, 2.45) is 12.8 Å². The van der Waals surface area contributed by atoms with E-state index in [1.165, 1.54) is 37.7 Å². The summed E-state index contributed by atoms with van der Waals surface area (Å²) in [6, 6.07) is 10.7. The van der Waals surface area contributed by atoms with E-state index in [9.17, 15) is 13.6 Å². The molecule has 1 amide bonds. The van der Waals surface area contributed by atoms with Crippen LogP contribution in [0.2, 0.25) is 0 Å². The molecule has 220 valence electrons. The number of ether oxygens (including phenoxy) is 2. The number of hydrogen-bond donors (Lipinski definition) is 2. The van der Waals surface area contributed by atoms with Crippen molar-refractivity contribution in [3.8, 4) is 28.5 Å². The van der Waals surface area contributed by atoms with Gasteiger partial charge in [0.15, 0.2) is 11.6 Å². The number of methoxy groups -OCH3 is 1. The number of aryl methyl sites for hydroxylation is 1. The van der Waals surface area contributed by atoms with Crippen molar-refractivity contribution in [3.05, 3.63) is 78.4 Å². The van der Waals surface area contributed by atoms with Gasteiger partial charge < -0.3 is 30.0 Å². The predicted octanol–water partition coefficient (Wildman–Crippen LogP) is 3.80. The number of hydrogen-bond acceptors (Lipinski definition) is 9. The molecule has 0 bridgehead atoms. The lowest BCUT2D eigenvalue weighted by molar-refractivity contribution is 0.0964. The van der Waals surface area contributed by atoms with Gasteiger partial charge in [0.25, 0.3) is 5.91 Å². The Kier molecular flexibility index (Phi) is 7.65. The van der Waals surface area contributed by atoms with Crippen molar-refractivity contribution in [1.29, 1.82) is 0 Å². The Morgan fingerprint density at radius 1 is 1.14 bits per heavy atom. The summed E-state index contributed by atoms with van der Waals surface area (Å²) in [5, 5.41) is 2.95. The molecule has 13 heteroatoms. The van der Waals surface area contributed by atoms with Gasteiger partial charge in [0.1, 0.15) is 28.6 Å². The number of nitrogens with one attached hydrogen (secondary N) is 1. The highest BCUT2D eigenvalue weighted by molar-refractivity contribution is 6.08. The Morgan fingerprint density at radius 2 is 2.00 bits per heavy atom. The number of nitrogens with zero attached hydrogens (tertiary/aromatic N) is 6. The van der Waals surface area contributed by atoms with Crippen LogP contribution in [0, 0.1) is 11.6 Å². The zero-order valence-electron chi connectivity index (χ0n) is 23.4. The van der Waals surface area contributed by atoms with Gasteiger partial charge in [-0.2, -0.15) is 0 Å². The Hall–Kier alpha value is -5.01. The number of anilines is 2. The van der Waals surface area contributed by atoms with Gasteiger partial charge in [-0.05, 0) is 36.4 Å². The number of rotatable bonds is 7. The van der Waals surface area contributed by atoms with Crippen molar-refractivity contribution in [2.75, 3.05) is 43.6 Å². The molecule has 5 aromatic rings. The summed E-state index contributed by atoms with van der Waals surface area (Å²) < 4.78 is 42.3. The van der Waals surface area contributed by atoms with Crippen LogP contribution in [0.3, 0.4) is 0 Å². The third-order valence-electron chi connectivity index (χ3n) is 7.38. The number of aromatic nitrogens is 5. The Balaban J connectivity index is 1.45. The smallest absolute Gasteiger partial charge is 0.274 e. The van der Waals surface area contributed by atoms with Crippen LogP contribution < -0.4 is 20.7 Å². The van der Waals surface area contributed by atoms with Crippen molar-refractivity contribution < 1.29 is 23.0 Å². The summed E-state index contributed by atoms with van der Waals surface area (Å²) in [6.07, 6.45) is 4.03. The summed E-state index contributed by atoms with van der Waals surface area (Å²) in [4.78, 5) is 32.9. The minimum absolute atomic E-state index is 0.00314. The van der Waals surface area contributed by atoms with Crippen LogP contribution in [0.4, 0.5) is 20.2 Å². The van der Waals surface area contributed by atoms with E-state index in [4.69, 9.17) is 20.2 Å². The van der Waals surface area contributed by atoms with Gasteiger partial charge in [-0.1, -0.05) is 6.07 Å². The molecular weight excluding hydrogens is 558 g/mol. The number of nitrogens with two attached hydrogens (primary N) is 1. The van der Waals surface area contributed by atoms with Crippen LogP contribution >= 0.6 is 0 Å². The molecule has 3 aromatic heterocycles. The molecule has 2 aromatic carbocycles. The molecule has 1 saturated heterocycles. The highest BCUT2D eigenvalue weighted by atomic mass is 19.1. The average molecular weight is 587 g/mol. The van der Waals surface area contributed by atoms with Crippen LogP contribution in [-0.2, 0) is 11.8 Å². The Labute approximate surface area is 245 Å². The van der Waals surface area contributed by atoms with Gasteiger partial charge >= 0.3 is 0 Å². The van der Waals surface area contributed by atoms with Crippen molar-refractivity contribution in [1.82, 2.24) is 24.5 Å². The van der Waals surface area contributed by atoms with E-state index < -0.39 is 17.5 Å². The molecule has 1 unspecified atom stereocenters. The first kappa shape index (κ1) is 28.1. The Morgan fingerprint density at radius 3 is 2.79 bits per heavy atom. The van der Waals surface area contributed by atoms with Crippen molar-refractivity contribution in [2.45, 2.75) is 6.04 Å². The number of amides is 1. The fourth-order valence-electron chi connectivity index (χ4n) is 5.26. The van der Waals surface area contributed by atoms with Crippen molar-refractivity contribution in [3.63, 3.8) is 0 Å². The zero-order chi connectivity index (χ0) is 30.1. The number of pyridine rings is 1. The number of fused-ring (bicyclic) bond motifs is 1. The second-order valence-electron chi connectivity index (χ2n) is 9.87. The van der Waals surface area contributed by atoms with Gasteiger partial charge in [-0.3, -0.25) is 9.78 Å². The van der Waals surface area contributed by atoms with E-state index in [1.54, 1.807) is 35.9 Å². The molecule has 0 saturated carbocycles. The van der Waals surface area contributed by atoms with Crippen LogP contribution in [0.25, 0.3) is 33.8 Å². The molecule has 0 spiro atoms. The fourth-order valence-corrected chi connectivity index (χ4v) is 5.26. The molecule has 1 fully saturated rings. The molecule has 6 rings (SSSR count). The molecule has 0 radical (unpaired) electrons. The maximum Gasteiger partial charge on any atom is 0.274 e. The summed E-state index contributed by atoms with van der Waals surface area (Å²) >= 11 is 0. The maximum absolute atomic E-state index is 14.8. The summed E-state index contributed by atoms with van der Waals surface area (Å²) in [6.45, 7) is 1.61. The lowest BCUT2D eigenvalue weighted by atomic mass is 10.1. The molecule has 1 aliphatic heterocycles. The molecule has 0 aliphatic carbocycles. The topological polar surface area (TPSA) is 133 Å². The van der Waals surface area contributed by atoms with E-state index in [0.29, 0.717) is 54.6 Å². The Bertz CT molecular complexity index is 1830. The van der Waals surface area contributed by atoms with Gasteiger partial charge in [-0.15, -0.1) is 0 Å². The van der Waals surface area contributed by atoms with E-state index in [-0.39, 0.29) is 28.9 Å². The first-order valence-electron chi connectivity index (χ1n) is 13.5. The molecule has 1 aliphatic rings. The first-order chi connectivity index (χ1) is 20.9. The minimum atomic E-state index is -0.582. The highest BCUT2D eigenvalue weighted by Crippen LogP contribution is 2.39. The molecule has 11 nitrogen and oxygen atoms in total. The zero-order valence-corrected chi connectivity index (χ0v) is 23.4.